The second kappa shape index (κ2) is 8.03. The Morgan fingerprint density at radius 3 is 2.81 bits per heavy atom. The fourth-order valence-corrected chi connectivity index (χ4v) is 2.90. The predicted molar refractivity (Wildman–Crippen MR) is 84.3 cm³/mol. The van der Waals surface area contributed by atoms with Gasteiger partial charge < -0.3 is 15.3 Å². The average Bonchev–Trinajstić information content (AvgIpc) is 2.48. The molecule has 2 rings (SSSR count). The van der Waals surface area contributed by atoms with Gasteiger partial charge in [0.1, 0.15) is 5.75 Å². The standard InChI is InChI=1S/C17H26N2O2/c1-19-13-3-2-4-15(19)7-10-17(21)18-12-11-14-5-8-16(20)9-6-14/h5-6,8-9,15,20H,2-4,7,10-13H2,1H3,(H,18,21)/t15-/m0/s1. The van der Waals surface area contributed by atoms with Crippen molar-refractivity contribution in [1.29, 1.82) is 0 Å². The third-order valence-corrected chi connectivity index (χ3v) is 4.30. The summed E-state index contributed by atoms with van der Waals surface area (Å²) in [6.07, 6.45) is 6.17. The van der Waals surface area contributed by atoms with Crippen molar-refractivity contribution in [3.63, 3.8) is 0 Å². The number of amides is 1. The molecular formula is C17H26N2O2. The topological polar surface area (TPSA) is 52.6 Å². The van der Waals surface area contributed by atoms with Gasteiger partial charge in [0.25, 0.3) is 0 Å². The number of carbonyl (C=O) groups excluding carboxylic acids is 1. The van der Waals surface area contributed by atoms with E-state index >= 15 is 0 Å². The highest BCUT2D eigenvalue weighted by molar-refractivity contribution is 5.75. The molecule has 116 valence electrons. The molecule has 0 aromatic heterocycles. The lowest BCUT2D eigenvalue weighted by atomic mass is 9.98. The third-order valence-electron chi connectivity index (χ3n) is 4.30. The van der Waals surface area contributed by atoms with E-state index in [0.717, 1.165) is 24.9 Å². The van der Waals surface area contributed by atoms with Crippen molar-refractivity contribution in [3.8, 4) is 5.75 Å². The van der Waals surface area contributed by atoms with E-state index in [2.05, 4.69) is 17.3 Å². The lowest BCUT2D eigenvalue weighted by Crippen LogP contribution is -2.37. The van der Waals surface area contributed by atoms with Crippen LogP contribution in [0.4, 0.5) is 0 Å². The number of hydrogen-bond donors (Lipinski definition) is 2. The van der Waals surface area contributed by atoms with E-state index < -0.39 is 0 Å². The number of piperidine rings is 1. The van der Waals surface area contributed by atoms with E-state index in [1.165, 1.54) is 19.3 Å². The SMILES string of the molecule is CN1CCCC[C@H]1CCC(=O)NCCc1ccc(O)cc1. The molecule has 1 aromatic carbocycles. The fourth-order valence-electron chi connectivity index (χ4n) is 2.90. The normalized spacial score (nSPS) is 19.4. The molecule has 1 aliphatic heterocycles. The minimum Gasteiger partial charge on any atom is -0.508 e. The Bertz CT molecular complexity index is 445. The van der Waals surface area contributed by atoms with Crippen LogP contribution in [0.25, 0.3) is 0 Å². The summed E-state index contributed by atoms with van der Waals surface area (Å²) in [6.45, 7) is 1.82. The molecule has 0 bridgehead atoms. The number of likely N-dealkylation sites (tertiary alicyclic amines) is 1. The van der Waals surface area contributed by atoms with Gasteiger partial charge in [0.05, 0.1) is 0 Å². The Morgan fingerprint density at radius 1 is 1.33 bits per heavy atom. The van der Waals surface area contributed by atoms with Gasteiger partial charge in [0.15, 0.2) is 0 Å². The predicted octanol–water partition coefficient (Wildman–Crippen LogP) is 2.32. The smallest absolute Gasteiger partial charge is 0.220 e. The third kappa shape index (κ3) is 5.38. The van der Waals surface area contributed by atoms with Crippen LogP contribution in [0.5, 0.6) is 5.75 Å². The van der Waals surface area contributed by atoms with Crippen LogP contribution in [-0.4, -0.2) is 42.1 Å². The summed E-state index contributed by atoms with van der Waals surface area (Å²) in [4.78, 5) is 14.2. The summed E-state index contributed by atoms with van der Waals surface area (Å²) >= 11 is 0. The Morgan fingerprint density at radius 2 is 2.10 bits per heavy atom. The van der Waals surface area contributed by atoms with E-state index in [0.29, 0.717) is 19.0 Å². The van der Waals surface area contributed by atoms with Gasteiger partial charge in [-0.25, -0.2) is 0 Å². The lowest BCUT2D eigenvalue weighted by Gasteiger charge is -2.32. The summed E-state index contributed by atoms with van der Waals surface area (Å²) in [6, 6.07) is 7.70. The van der Waals surface area contributed by atoms with Crippen molar-refractivity contribution in [1.82, 2.24) is 10.2 Å². The molecule has 1 aliphatic rings. The highest BCUT2D eigenvalue weighted by Crippen LogP contribution is 2.18. The number of phenols is 1. The highest BCUT2D eigenvalue weighted by Gasteiger charge is 2.19. The molecule has 0 saturated carbocycles. The molecule has 2 N–H and O–H groups in total. The zero-order chi connectivity index (χ0) is 15.1. The minimum atomic E-state index is 0.146. The second-order valence-corrected chi connectivity index (χ2v) is 5.94. The van der Waals surface area contributed by atoms with Crippen LogP contribution in [-0.2, 0) is 11.2 Å². The monoisotopic (exact) mass is 290 g/mol. The number of benzene rings is 1. The maximum absolute atomic E-state index is 11.9. The Kier molecular flexibility index (Phi) is 6.05. The Balaban J connectivity index is 1.62. The van der Waals surface area contributed by atoms with Crippen molar-refractivity contribution in [2.75, 3.05) is 20.1 Å². The van der Waals surface area contributed by atoms with Crippen LogP contribution in [0, 0.1) is 0 Å². The van der Waals surface area contributed by atoms with Crippen LogP contribution < -0.4 is 5.32 Å². The van der Waals surface area contributed by atoms with Gasteiger partial charge in [0.2, 0.25) is 5.91 Å². The molecule has 1 atom stereocenters. The van der Waals surface area contributed by atoms with Gasteiger partial charge >= 0.3 is 0 Å². The molecule has 1 fully saturated rings. The van der Waals surface area contributed by atoms with Crippen molar-refractivity contribution < 1.29 is 9.90 Å². The van der Waals surface area contributed by atoms with E-state index in [1.54, 1.807) is 12.1 Å². The summed E-state index contributed by atoms with van der Waals surface area (Å²) in [5.41, 5.74) is 1.13. The molecule has 4 nitrogen and oxygen atoms in total. The number of rotatable bonds is 6. The molecule has 1 aromatic rings. The summed E-state index contributed by atoms with van der Waals surface area (Å²) in [5.74, 6) is 0.423. The van der Waals surface area contributed by atoms with Crippen LogP contribution in [0.15, 0.2) is 24.3 Å². The van der Waals surface area contributed by atoms with Crippen LogP contribution in [0.2, 0.25) is 0 Å². The number of nitrogens with one attached hydrogen (secondary N) is 1. The molecule has 1 amide bonds. The average molecular weight is 290 g/mol. The zero-order valence-corrected chi connectivity index (χ0v) is 12.8. The lowest BCUT2D eigenvalue weighted by molar-refractivity contribution is -0.121. The quantitative estimate of drug-likeness (QED) is 0.845. The molecule has 0 aliphatic carbocycles. The Labute approximate surface area is 127 Å². The number of aromatic hydroxyl groups is 1. The van der Waals surface area contributed by atoms with Gasteiger partial charge in [-0.05, 0) is 57.0 Å². The fraction of sp³-hybridized carbons (Fsp3) is 0.588. The summed E-state index contributed by atoms with van der Waals surface area (Å²) < 4.78 is 0. The molecule has 0 spiro atoms. The van der Waals surface area contributed by atoms with E-state index in [-0.39, 0.29) is 11.7 Å². The van der Waals surface area contributed by atoms with Crippen LogP contribution in [0.3, 0.4) is 0 Å². The molecular weight excluding hydrogens is 264 g/mol. The minimum absolute atomic E-state index is 0.146. The van der Waals surface area contributed by atoms with Gasteiger partial charge in [-0.2, -0.15) is 0 Å². The largest absolute Gasteiger partial charge is 0.508 e. The van der Waals surface area contributed by atoms with Crippen molar-refractivity contribution in [3.05, 3.63) is 29.8 Å². The van der Waals surface area contributed by atoms with Crippen molar-refractivity contribution >= 4 is 5.91 Å². The van der Waals surface area contributed by atoms with Crippen molar-refractivity contribution in [2.24, 2.45) is 0 Å². The summed E-state index contributed by atoms with van der Waals surface area (Å²) in [5, 5.41) is 12.2. The number of carbonyl (C=O) groups is 1. The highest BCUT2D eigenvalue weighted by atomic mass is 16.3. The zero-order valence-electron chi connectivity index (χ0n) is 12.8. The number of phenolic OH excluding ortho intramolecular Hbond substituents is 1. The van der Waals surface area contributed by atoms with Gasteiger partial charge in [-0.1, -0.05) is 18.6 Å². The maximum atomic E-state index is 11.9. The first kappa shape index (κ1) is 15.8. The summed E-state index contributed by atoms with van der Waals surface area (Å²) in [7, 11) is 2.16. The first-order valence-electron chi connectivity index (χ1n) is 7.90. The number of nitrogens with zero attached hydrogens (tertiary/aromatic N) is 1. The number of hydrogen-bond acceptors (Lipinski definition) is 3. The van der Waals surface area contributed by atoms with Crippen molar-refractivity contribution in [2.45, 2.75) is 44.6 Å². The van der Waals surface area contributed by atoms with Gasteiger partial charge in [-0.3, -0.25) is 4.79 Å². The van der Waals surface area contributed by atoms with Gasteiger partial charge in [0, 0.05) is 19.0 Å². The molecule has 0 unspecified atom stereocenters. The first-order chi connectivity index (χ1) is 10.1. The molecule has 1 saturated heterocycles. The Hall–Kier alpha value is -1.55. The van der Waals surface area contributed by atoms with Gasteiger partial charge in [-0.15, -0.1) is 0 Å². The van der Waals surface area contributed by atoms with Crippen LogP contribution in [0.1, 0.15) is 37.7 Å². The molecule has 4 heteroatoms. The first-order valence-corrected chi connectivity index (χ1v) is 7.90. The van der Waals surface area contributed by atoms with E-state index in [4.69, 9.17) is 0 Å². The molecule has 1 heterocycles. The van der Waals surface area contributed by atoms with E-state index in [1.807, 2.05) is 12.1 Å². The molecule has 0 radical (unpaired) electrons. The maximum Gasteiger partial charge on any atom is 0.220 e. The van der Waals surface area contributed by atoms with E-state index in [9.17, 15) is 9.90 Å². The second-order valence-electron chi connectivity index (χ2n) is 5.94. The van der Waals surface area contributed by atoms with Crippen LogP contribution >= 0.6 is 0 Å². The molecule has 21 heavy (non-hydrogen) atoms.